The summed E-state index contributed by atoms with van der Waals surface area (Å²) in [4.78, 5) is 0. The van der Waals surface area contributed by atoms with Crippen LogP contribution in [0.15, 0.2) is 30.6 Å². The molecule has 0 radical (unpaired) electrons. The van der Waals surface area contributed by atoms with Gasteiger partial charge in [-0.05, 0) is 6.07 Å². The molecule has 0 saturated heterocycles. The van der Waals surface area contributed by atoms with Crippen molar-refractivity contribution in [2.24, 2.45) is 7.05 Å². The quantitative estimate of drug-likeness (QED) is 0.643. The highest BCUT2D eigenvalue weighted by molar-refractivity contribution is 5.93. The second-order valence-electron chi connectivity index (χ2n) is 3.36. The molecule has 0 aliphatic rings. The van der Waals surface area contributed by atoms with E-state index in [-0.39, 0.29) is 0 Å². The van der Waals surface area contributed by atoms with E-state index in [1.54, 1.807) is 6.20 Å². The van der Waals surface area contributed by atoms with Gasteiger partial charge in [0.1, 0.15) is 5.69 Å². The van der Waals surface area contributed by atoms with E-state index in [2.05, 4.69) is 20.5 Å². The van der Waals surface area contributed by atoms with E-state index in [1.807, 2.05) is 36.1 Å². The molecule has 15 heavy (non-hydrogen) atoms. The first-order valence-electron chi connectivity index (χ1n) is 4.63. The minimum absolute atomic E-state index is 0.841. The molecule has 74 valence electrons. The molecule has 0 saturated carbocycles. The van der Waals surface area contributed by atoms with Gasteiger partial charge in [-0.1, -0.05) is 12.1 Å². The molecule has 0 atom stereocenters. The lowest BCUT2D eigenvalue weighted by Gasteiger charge is -1.98. The average Bonchev–Trinajstić information content (AvgIpc) is 2.88. The van der Waals surface area contributed by atoms with Crippen LogP contribution in [0, 0.1) is 0 Å². The number of nitrogens with one attached hydrogen (secondary N) is 1. The second-order valence-corrected chi connectivity index (χ2v) is 3.36. The fourth-order valence-electron chi connectivity index (χ4n) is 1.73. The van der Waals surface area contributed by atoms with Gasteiger partial charge in [-0.2, -0.15) is 20.5 Å². The summed E-state index contributed by atoms with van der Waals surface area (Å²) in [7, 11) is 1.93. The molecule has 3 rings (SSSR count). The number of benzene rings is 1. The van der Waals surface area contributed by atoms with E-state index in [0.29, 0.717) is 0 Å². The van der Waals surface area contributed by atoms with E-state index in [4.69, 9.17) is 0 Å². The van der Waals surface area contributed by atoms with Gasteiger partial charge in [0, 0.05) is 18.0 Å². The van der Waals surface area contributed by atoms with Crippen LogP contribution in [0.4, 0.5) is 0 Å². The highest BCUT2D eigenvalue weighted by atomic mass is 15.3. The van der Waals surface area contributed by atoms with Crippen LogP contribution in [0.1, 0.15) is 0 Å². The number of aryl methyl sites for hydroxylation is 1. The van der Waals surface area contributed by atoms with Crippen LogP contribution in [0.2, 0.25) is 0 Å². The summed E-state index contributed by atoms with van der Waals surface area (Å²) < 4.78 is 1.85. The van der Waals surface area contributed by atoms with E-state index in [1.165, 1.54) is 0 Å². The van der Waals surface area contributed by atoms with Crippen molar-refractivity contribution in [1.29, 1.82) is 0 Å². The molecular formula is C10H9N5. The maximum absolute atomic E-state index is 4.22. The van der Waals surface area contributed by atoms with Crippen molar-refractivity contribution in [3.8, 4) is 11.3 Å². The van der Waals surface area contributed by atoms with Gasteiger partial charge in [0.2, 0.25) is 0 Å². The number of rotatable bonds is 1. The van der Waals surface area contributed by atoms with Crippen LogP contribution in [-0.4, -0.2) is 25.2 Å². The number of hydrogen-bond acceptors (Lipinski definition) is 3. The van der Waals surface area contributed by atoms with Crippen molar-refractivity contribution in [2.45, 2.75) is 0 Å². The van der Waals surface area contributed by atoms with Crippen molar-refractivity contribution < 1.29 is 0 Å². The Morgan fingerprint density at radius 2 is 2.20 bits per heavy atom. The monoisotopic (exact) mass is 199 g/mol. The fraction of sp³-hybridized carbons (Fsp3) is 0.100. The lowest BCUT2D eigenvalue weighted by molar-refractivity contribution is 0.797. The van der Waals surface area contributed by atoms with Crippen LogP contribution in [0.5, 0.6) is 0 Å². The average molecular weight is 199 g/mol. The van der Waals surface area contributed by atoms with Crippen LogP contribution >= 0.6 is 0 Å². The molecular weight excluding hydrogens is 190 g/mol. The van der Waals surface area contributed by atoms with Crippen LogP contribution in [0.3, 0.4) is 0 Å². The lowest BCUT2D eigenvalue weighted by Crippen LogP contribution is -1.88. The molecule has 5 heteroatoms. The molecule has 0 fully saturated rings. The molecule has 1 N–H and O–H groups in total. The maximum atomic E-state index is 4.22. The first-order chi connectivity index (χ1) is 7.36. The van der Waals surface area contributed by atoms with Gasteiger partial charge in [0.15, 0.2) is 0 Å². The zero-order valence-electron chi connectivity index (χ0n) is 8.18. The van der Waals surface area contributed by atoms with Crippen LogP contribution < -0.4 is 0 Å². The summed E-state index contributed by atoms with van der Waals surface area (Å²) in [6.07, 6.45) is 3.56. The number of aromatic nitrogens is 5. The van der Waals surface area contributed by atoms with Crippen molar-refractivity contribution in [3.05, 3.63) is 30.6 Å². The molecule has 5 nitrogen and oxygen atoms in total. The molecule has 3 aromatic rings. The number of H-pyrrole nitrogens is 1. The number of hydrogen-bond donors (Lipinski definition) is 1. The van der Waals surface area contributed by atoms with Crippen molar-refractivity contribution in [2.75, 3.05) is 0 Å². The highest BCUT2D eigenvalue weighted by Gasteiger charge is 2.08. The first kappa shape index (κ1) is 8.16. The smallest absolute Gasteiger partial charge is 0.113 e. The molecule has 0 spiro atoms. The highest BCUT2D eigenvalue weighted by Crippen LogP contribution is 2.25. The zero-order valence-corrected chi connectivity index (χ0v) is 8.18. The third-order valence-electron chi connectivity index (χ3n) is 2.48. The van der Waals surface area contributed by atoms with Crippen molar-refractivity contribution in [3.63, 3.8) is 0 Å². The summed E-state index contributed by atoms with van der Waals surface area (Å²) in [5.74, 6) is 0. The molecule has 2 aromatic heterocycles. The Morgan fingerprint density at radius 3 is 3.00 bits per heavy atom. The lowest BCUT2D eigenvalue weighted by atomic mass is 10.1. The van der Waals surface area contributed by atoms with Gasteiger partial charge >= 0.3 is 0 Å². The van der Waals surface area contributed by atoms with Gasteiger partial charge in [-0.15, -0.1) is 0 Å². The standard InChI is InChI=1S/C10H9N5/c1-15-10-4-2-3-7(8(10)5-12-15)9-6-11-14-13-9/h2-6H,1H3,(H,11,13,14). The molecule has 0 aliphatic heterocycles. The van der Waals surface area contributed by atoms with Crippen molar-refractivity contribution >= 4 is 10.9 Å². The Balaban J connectivity index is 2.36. The van der Waals surface area contributed by atoms with E-state index in [9.17, 15) is 0 Å². The second kappa shape index (κ2) is 2.91. The van der Waals surface area contributed by atoms with Gasteiger partial charge in [-0.3, -0.25) is 4.68 Å². The van der Waals surface area contributed by atoms with Crippen LogP contribution in [-0.2, 0) is 7.05 Å². The predicted octanol–water partition coefficient (Wildman–Crippen LogP) is 1.36. The van der Waals surface area contributed by atoms with Crippen LogP contribution in [0.25, 0.3) is 22.2 Å². The van der Waals surface area contributed by atoms with E-state index in [0.717, 1.165) is 22.2 Å². The summed E-state index contributed by atoms with van der Waals surface area (Å²) in [6, 6.07) is 6.04. The molecule has 0 unspecified atom stereocenters. The topological polar surface area (TPSA) is 59.4 Å². The zero-order chi connectivity index (χ0) is 10.3. The molecule has 1 aromatic carbocycles. The Hall–Kier alpha value is -2.17. The molecule has 0 bridgehead atoms. The number of nitrogens with zero attached hydrogens (tertiary/aromatic N) is 4. The van der Waals surface area contributed by atoms with Gasteiger partial charge in [-0.25, -0.2) is 0 Å². The van der Waals surface area contributed by atoms with E-state index < -0.39 is 0 Å². The summed E-state index contributed by atoms with van der Waals surface area (Å²) in [5, 5.41) is 15.8. The fourth-order valence-corrected chi connectivity index (χ4v) is 1.73. The normalized spacial score (nSPS) is 11.0. The Bertz CT molecular complexity index is 593. The Kier molecular flexibility index (Phi) is 1.58. The summed E-state index contributed by atoms with van der Waals surface area (Å²) in [6.45, 7) is 0. The summed E-state index contributed by atoms with van der Waals surface area (Å²) in [5.41, 5.74) is 2.98. The SMILES string of the molecule is Cn1ncc2c(-c3cn[nH]n3)cccc21. The van der Waals surface area contributed by atoms with E-state index >= 15 is 0 Å². The number of fused-ring (bicyclic) bond motifs is 1. The largest absolute Gasteiger partial charge is 0.268 e. The minimum atomic E-state index is 0.841. The van der Waals surface area contributed by atoms with Gasteiger partial charge < -0.3 is 0 Å². The Labute approximate surface area is 85.7 Å². The summed E-state index contributed by atoms with van der Waals surface area (Å²) >= 11 is 0. The molecule has 0 amide bonds. The van der Waals surface area contributed by atoms with Gasteiger partial charge in [0.05, 0.1) is 17.9 Å². The van der Waals surface area contributed by atoms with Gasteiger partial charge in [0.25, 0.3) is 0 Å². The third-order valence-corrected chi connectivity index (χ3v) is 2.48. The maximum Gasteiger partial charge on any atom is 0.113 e. The molecule has 2 heterocycles. The Morgan fingerprint density at radius 1 is 1.27 bits per heavy atom. The van der Waals surface area contributed by atoms with Crippen molar-refractivity contribution in [1.82, 2.24) is 25.2 Å². The third kappa shape index (κ3) is 1.13. The number of aromatic amines is 1. The predicted molar refractivity (Wildman–Crippen MR) is 56.1 cm³/mol. The first-order valence-corrected chi connectivity index (χ1v) is 4.63. The minimum Gasteiger partial charge on any atom is -0.268 e. The molecule has 0 aliphatic carbocycles.